The number of carbonyl (C=O) groups is 5. The van der Waals surface area contributed by atoms with Crippen molar-refractivity contribution in [2.75, 3.05) is 6.61 Å². The van der Waals surface area contributed by atoms with Crippen LogP contribution in [-0.2, 0) is 33.5 Å². The molecule has 0 bridgehead atoms. The van der Waals surface area contributed by atoms with Gasteiger partial charge in [0.1, 0.15) is 12.6 Å². The summed E-state index contributed by atoms with van der Waals surface area (Å²) in [5.41, 5.74) is -2.23. The molecule has 2 aliphatic rings. The van der Waals surface area contributed by atoms with Gasteiger partial charge in [-0.3, -0.25) is 24.0 Å². The topological polar surface area (TPSA) is 139 Å². The van der Waals surface area contributed by atoms with E-state index in [1.807, 2.05) is 0 Å². The predicted octanol–water partition coefficient (Wildman–Crippen LogP) is -2.05. The second-order valence-corrected chi connectivity index (χ2v) is 4.57. The van der Waals surface area contributed by atoms with Gasteiger partial charge in [0, 0.05) is 13.3 Å². The lowest BCUT2D eigenvalue weighted by atomic mass is 10.1. The average Bonchev–Trinajstić information content (AvgIpc) is 2.95. The van der Waals surface area contributed by atoms with Gasteiger partial charge in [-0.1, -0.05) is 0 Å². The third-order valence-electron chi connectivity index (χ3n) is 3.11. The van der Waals surface area contributed by atoms with Gasteiger partial charge in [-0.05, 0) is 0 Å². The second-order valence-electron chi connectivity index (χ2n) is 4.57. The number of hydrogen-bond acceptors (Lipinski definition) is 7. The zero-order valence-electron chi connectivity index (χ0n) is 11.0. The fraction of sp³-hybridized carbons (Fsp3) is 0.545. The smallest absolute Gasteiger partial charge is 0.372 e. The maximum atomic E-state index is 12.1. The minimum Gasteiger partial charge on any atom is -0.477 e. The molecule has 2 rings (SSSR count). The summed E-state index contributed by atoms with van der Waals surface area (Å²) < 4.78 is 4.73. The normalized spacial score (nSPS) is 28.4. The van der Waals surface area contributed by atoms with Crippen LogP contribution in [0.2, 0.25) is 0 Å². The van der Waals surface area contributed by atoms with Crippen LogP contribution in [0.25, 0.3) is 0 Å². The zero-order chi connectivity index (χ0) is 15.8. The summed E-state index contributed by atoms with van der Waals surface area (Å²) in [7, 11) is 0. The van der Waals surface area contributed by atoms with E-state index in [0.29, 0.717) is 5.06 Å². The van der Waals surface area contributed by atoms with Crippen molar-refractivity contribution in [3.05, 3.63) is 0 Å². The highest BCUT2D eigenvalue weighted by atomic mass is 16.7. The molecule has 0 radical (unpaired) electrons. The number of amides is 2. The Morgan fingerprint density at radius 2 is 2.05 bits per heavy atom. The summed E-state index contributed by atoms with van der Waals surface area (Å²) in [6.07, 6.45) is -0.440. The number of carbonyl (C=O) groups excluding carboxylic acids is 4. The Bertz CT molecular complexity index is 544. The largest absolute Gasteiger partial charge is 0.477 e. The number of cyclic esters (lactones) is 1. The summed E-state index contributed by atoms with van der Waals surface area (Å²) >= 11 is 0. The minimum atomic E-state index is -2.23. The molecule has 2 heterocycles. The molecule has 1 unspecified atom stereocenters. The molecule has 114 valence electrons. The third kappa shape index (κ3) is 2.44. The maximum Gasteiger partial charge on any atom is 0.372 e. The number of esters is 1. The van der Waals surface area contributed by atoms with E-state index in [1.54, 1.807) is 0 Å². The van der Waals surface area contributed by atoms with Crippen molar-refractivity contribution in [3.8, 4) is 0 Å². The van der Waals surface area contributed by atoms with Crippen molar-refractivity contribution in [2.24, 2.45) is 0 Å². The molecule has 0 aromatic heterocycles. The Kier molecular flexibility index (Phi) is 3.64. The van der Waals surface area contributed by atoms with E-state index in [2.05, 4.69) is 5.32 Å². The van der Waals surface area contributed by atoms with E-state index in [1.165, 1.54) is 0 Å². The van der Waals surface area contributed by atoms with E-state index in [9.17, 15) is 29.1 Å². The molecule has 0 aromatic carbocycles. The zero-order valence-corrected chi connectivity index (χ0v) is 11.0. The highest BCUT2D eigenvalue weighted by Crippen LogP contribution is 2.33. The number of carboxylic acid groups (broad SMARTS) is 1. The van der Waals surface area contributed by atoms with Gasteiger partial charge < -0.3 is 15.2 Å². The Labute approximate surface area is 117 Å². The van der Waals surface area contributed by atoms with Crippen LogP contribution in [0, 0.1) is 0 Å². The van der Waals surface area contributed by atoms with Crippen LogP contribution in [0.1, 0.15) is 19.8 Å². The Morgan fingerprint density at radius 1 is 1.38 bits per heavy atom. The van der Waals surface area contributed by atoms with Crippen molar-refractivity contribution >= 4 is 29.5 Å². The number of ketones is 1. The van der Waals surface area contributed by atoms with Crippen molar-refractivity contribution in [2.45, 2.75) is 31.5 Å². The first-order valence-corrected chi connectivity index (χ1v) is 6.01. The van der Waals surface area contributed by atoms with Crippen molar-refractivity contribution < 1.29 is 38.7 Å². The Morgan fingerprint density at radius 3 is 2.52 bits per heavy atom. The molecular weight excluding hydrogens is 288 g/mol. The van der Waals surface area contributed by atoms with Crippen LogP contribution < -0.4 is 5.32 Å². The fourth-order valence-corrected chi connectivity index (χ4v) is 2.01. The predicted molar refractivity (Wildman–Crippen MR) is 61.1 cm³/mol. The molecular formula is C11H12N2O8. The Balaban J connectivity index is 2.17. The number of aliphatic carboxylic acids is 1. The van der Waals surface area contributed by atoms with Crippen LogP contribution in [-0.4, -0.2) is 58.1 Å². The van der Waals surface area contributed by atoms with E-state index in [4.69, 9.17) is 9.57 Å². The first-order chi connectivity index (χ1) is 9.78. The van der Waals surface area contributed by atoms with Gasteiger partial charge in [-0.2, -0.15) is 5.06 Å². The van der Waals surface area contributed by atoms with Gasteiger partial charge in [0.25, 0.3) is 11.8 Å². The number of nitrogens with one attached hydrogen (secondary N) is 1. The van der Waals surface area contributed by atoms with E-state index in [-0.39, 0.29) is 19.4 Å². The maximum absolute atomic E-state index is 12.1. The van der Waals surface area contributed by atoms with Gasteiger partial charge in [0.15, 0.2) is 0 Å². The molecule has 2 amide bonds. The summed E-state index contributed by atoms with van der Waals surface area (Å²) in [6.45, 7) is 0.662. The Hall–Kier alpha value is -2.49. The molecule has 2 atom stereocenters. The molecule has 21 heavy (non-hydrogen) atoms. The molecule has 0 aliphatic carbocycles. The number of carboxylic acids is 1. The lowest BCUT2D eigenvalue weighted by Crippen LogP contribution is -2.56. The monoisotopic (exact) mass is 300 g/mol. The SMILES string of the molecule is CC(=O)C(=O)N[C@H]1CON(C2(C(=O)O)CCC(=O)O2)C1=O. The fourth-order valence-electron chi connectivity index (χ4n) is 2.01. The number of rotatable bonds is 4. The highest BCUT2D eigenvalue weighted by molar-refractivity contribution is 6.35. The van der Waals surface area contributed by atoms with E-state index >= 15 is 0 Å². The molecule has 0 spiro atoms. The summed E-state index contributed by atoms with van der Waals surface area (Å²) in [6, 6.07) is -1.21. The number of hydrogen-bond donors (Lipinski definition) is 2. The molecule has 10 nitrogen and oxygen atoms in total. The lowest BCUT2D eigenvalue weighted by Gasteiger charge is -2.30. The molecule has 0 aromatic rings. The highest BCUT2D eigenvalue weighted by Gasteiger charge is 2.59. The van der Waals surface area contributed by atoms with Crippen molar-refractivity contribution in [3.63, 3.8) is 0 Å². The number of Topliss-reactive ketones (excluding diaryl/α,β-unsaturated/α-hetero) is 1. The molecule has 2 fully saturated rings. The van der Waals surface area contributed by atoms with Crippen LogP contribution in [0.3, 0.4) is 0 Å². The summed E-state index contributed by atoms with van der Waals surface area (Å²) in [5, 5.41) is 11.8. The number of nitrogens with zero attached hydrogens (tertiary/aromatic N) is 1. The average molecular weight is 300 g/mol. The van der Waals surface area contributed by atoms with Gasteiger partial charge >= 0.3 is 17.7 Å². The molecule has 10 heteroatoms. The van der Waals surface area contributed by atoms with E-state index in [0.717, 1.165) is 6.92 Å². The minimum absolute atomic E-state index is 0.177. The molecule has 2 saturated heterocycles. The van der Waals surface area contributed by atoms with E-state index < -0.39 is 41.3 Å². The van der Waals surface area contributed by atoms with Gasteiger partial charge in [-0.15, -0.1) is 0 Å². The van der Waals surface area contributed by atoms with Crippen molar-refractivity contribution in [1.82, 2.24) is 10.4 Å². The van der Waals surface area contributed by atoms with Gasteiger partial charge in [-0.25, -0.2) is 4.79 Å². The van der Waals surface area contributed by atoms with Crippen LogP contribution in [0.15, 0.2) is 0 Å². The van der Waals surface area contributed by atoms with Crippen molar-refractivity contribution in [1.29, 1.82) is 0 Å². The standard InChI is InChI=1S/C11H12N2O8/c1-5(14)8(16)12-6-4-20-13(9(6)17)11(10(18)19)3-2-7(15)21-11/h6H,2-4H2,1H3,(H,12,16)(H,18,19)/t6-,11?/m0/s1. The molecule has 2 N–H and O–H groups in total. The van der Waals surface area contributed by atoms with Crippen LogP contribution >= 0.6 is 0 Å². The van der Waals surface area contributed by atoms with Crippen LogP contribution in [0.5, 0.6) is 0 Å². The first kappa shape index (κ1) is 14.9. The third-order valence-corrected chi connectivity index (χ3v) is 3.11. The summed E-state index contributed by atoms with van der Waals surface area (Å²) in [5.74, 6) is -5.03. The van der Waals surface area contributed by atoms with Crippen LogP contribution in [0.4, 0.5) is 0 Å². The van der Waals surface area contributed by atoms with Gasteiger partial charge in [0.05, 0.1) is 6.42 Å². The quantitative estimate of drug-likeness (QED) is 0.447. The second kappa shape index (κ2) is 5.13. The number of ether oxygens (including phenoxy) is 1. The molecule has 2 aliphatic heterocycles. The first-order valence-electron chi connectivity index (χ1n) is 6.01. The number of hydroxylamine groups is 2. The van der Waals surface area contributed by atoms with Gasteiger partial charge in [0.2, 0.25) is 5.78 Å². The summed E-state index contributed by atoms with van der Waals surface area (Å²) in [4.78, 5) is 61.7. The lowest BCUT2D eigenvalue weighted by molar-refractivity contribution is -0.256. The molecule has 0 saturated carbocycles.